The summed E-state index contributed by atoms with van der Waals surface area (Å²) in [5.41, 5.74) is 3.00. The maximum atomic E-state index is 4.52. The van der Waals surface area contributed by atoms with E-state index < -0.39 is 0 Å². The van der Waals surface area contributed by atoms with E-state index in [1.165, 1.54) is 36.8 Å². The van der Waals surface area contributed by atoms with Gasteiger partial charge < -0.3 is 0 Å². The smallest absolute Gasteiger partial charge is 0.0705 e. The van der Waals surface area contributed by atoms with Crippen LogP contribution in [0.1, 0.15) is 32.6 Å². The number of thiocarbonyl (C=S) groups is 1. The fourth-order valence-corrected chi connectivity index (χ4v) is 1.52. The normalized spacial score (nSPS) is 17.9. The average molecular weight is 167 g/mol. The third kappa shape index (κ3) is 2.57. The van der Waals surface area contributed by atoms with E-state index in [9.17, 15) is 0 Å². The van der Waals surface area contributed by atoms with Crippen molar-refractivity contribution in [3.63, 3.8) is 0 Å². The van der Waals surface area contributed by atoms with Crippen molar-refractivity contribution in [2.45, 2.75) is 32.6 Å². The molecule has 0 N–H and O–H groups in total. The van der Waals surface area contributed by atoms with Gasteiger partial charge in [-0.15, -0.1) is 0 Å². The Morgan fingerprint density at radius 3 is 2.82 bits per heavy atom. The van der Waals surface area contributed by atoms with Crippen LogP contribution in [0, 0.1) is 0 Å². The monoisotopic (exact) mass is 167 g/mol. The van der Waals surface area contributed by atoms with Gasteiger partial charge in [0.05, 0.1) is 11.7 Å². The SMILES string of the molecule is CC1=C(CN=C=S)CCCC1. The van der Waals surface area contributed by atoms with Crippen molar-refractivity contribution in [2.24, 2.45) is 4.99 Å². The molecule has 0 spiro atoms. The molecule has 60 valence electrons. The Morgan fingerprint density at radius 2 is 2.18 bits per heavy atom. The van der Waals surface area contributed by atoms with Gasteiger partial charge in [0.1, 0.15) is 0 Å². The summed E-state index contributed by atoms with van der Waals surface area (Å²) < 4.78 is 0. The van der Waals surface area contributed by atoms with E-state index in [0.29, 0.717) is 0 Å². The molecule has 1 aliphatic rings. The minimum Gasteiger partial charge on any atom is -0.228 e. The Hall–Kier alpha value is -0.460. The van der Waals surface area contributed by atoms with Gasteiger partial charge in [-0.2, -0.15) is 0 Å². The van der Waals surface area contributed by atoms with E-state index in [1.54, 1.807) is 0 Å². The van der Waals surface area contributed by atoms with Crippen molar-refractivity contribution in [1.29, 1.82) is 0 Å². The molecule has 0 aliphatic heterocycles. The molecule has 11 heavy (non-hydrogen) atoms. The Balaban J connectivity index is 2.58. The summed E-state index contributed by atoms with van der Waals surface area (Å²) in [5.74, 6) is 0. The standard InChI is InChI=1S/C9H13NS/c1-8-4-2-3-5-9(8)6-10-7-11/h2-6H2,1H3. The first kappa shape index (κ1) is 8.63. The summed E-state index contributed by atoms with van der Waals surface area (Å²) >= 11 is 4.52. The second-order valence-corrected chi connectivity index (χ2v) is 3.18. The topological polar surface area (TPSA) is 12.4 Å². The highest BCUT2D eigenvalue weighted by Crippen LogP contribution is 2.23. The van der Waals surface area contributed by atoms with Gasteiger partial charge in [0.2, 0.25) is 0 Å². The molecule has 0 fully saturated rings. The van der Waals surface area contributed by atoms with Crippen LogP contribution in [0.4, 0.5) is 0 Å². The minimum atomic E-state index is 0.787. The average Bonchev–Trinajstić information content (AvgIpc) is 2.03. The Kier molecular flexibility index (Phi) is 3.47. The van der Waals surface area contributed by atoms with Gasteiger partial charge in [-0.05, 0) is 50.4 Å². The van der Waals surface area contributed by atoms with Crippen molar-refractivity contribution in [2.75, 3.05) is 6.54 Å². The predicted molar refractivity (Wildman–Crippen MR) is 51.1 cm³/mol. The molecule has 0 atom stereocenters. The number of aliphatic imine (C=N–C) groups is 1. The summed E-state index contributed by atoms with van der Waals surface area (Å²) in [7, 11) is 0. The zero-order chi connectivity index (χ0) is 8.10. The van der Waals surface area contributed by atoms with Gasteiger partial charge in [0.25, 0.3) is 0 Å². The van der Waals surface area contributed by atoms with Crippen LogP contribution in [0.15, 0.2) is 16.1 Å². The first-order valence-electron chi connectivity index (χ1n) is 4.05. The second kappa shape index (κ2) is 4.42. The van der Waals surface area contributed by atoms with Gasteiger partial charge in [-0.1, -0.05) is 5.57 Å². The van der Waals surface area contributed by atoms with Gasteiger partial charge in [0.15, 0.2) is 0 Å². The Bertz CT molecular complexity index is 212. The zero-order valence-corrected chi connectivity index (χ0v) is 7.71. The fourth-order valence-electron chi connectivity index (χ4n) is 1.46. The lowest BCUT2D eigenvalue weighted by Gasteiger charge is -2.15. The molecule has 0 saturated carbocycles. The van der Waals surface area contributed by atoms with Crippen LogP contribution in [-0.4, -0.2) is 11.7 Å². The first-order valence-corrected chi connectivity index (χ1v) is 4.46. The van der Waals surface area contributed by atoms with Crippen molar-refractivity contribution in [3.8, 4) is 0 Å². The molecule has 0 saturated heterocycles. The number of rotatable bonds is 2. The summed E-state index contributed by atoms with van der Waals surface area (Å²) in [6, 6.07) is 0. The van der Waals surface area contributed by atoms with Crippen LogP contribution in [0.3, 0.4) is 0 Å². The molecule has 1 nitrogen and oxygen atoms in total. The fraction of sp³-hybridized carbons (Fsp3) is 0.667. The van der Waals surface area contributed by atoms with Crippen LogP contribution < -0.4 is 0 Å². The van der Waals surface area contributed by atoms with Crippen LogP contribution in [0.25, 0.3) is 0 Å². The highest BCUT2D eigenvalue weighted by atomic mass is 32.1. The second-order valence-electron chi connectivity index (χ2n) is 3.00. The molecular formula is C9H13NS. The lowest BCUT2D eigenvalue weighted by molar-refractivity contribution is 0.663. The zero-order valence-electron chi connectivity index (χ0n) is 6.89. The van der Waals surface area contributed by atoms with Crippen LogP contribution in [-0.2, 0) is 0 Å². The molecule has 0 bridgehead atoms. The van der Waals surface area contributed by atoms with Crippen LogP contribution in [0.2, 0.25) is 0 Å². The number of allylic oxidation sites excluding steroid dienone is 1. The van der Waals surface area contributed by atoms with Gasteiger partial charge >= 0.3 is 0 Å². The molecule has 0 unspecified atom stereocenters. The molecule has 0 aromatic carbocycles. The molecule has 2 heteroatoms. The number of isothiocyanates is 1. The third-order valence-electron chi connectivity index (χ3n) is 2.22. The number of nitrogens with zero attached hydrogens (tertiary/aromatic N) is 1. The molecule has 0 radical (unpaired) electrons. The van der Waals surface area contributed by atoms with Crippen molar-refractivity contribution in [1.82, 2.24) is 0 Å². The lowest BCUT2D eigenvalue weighted by atomic mass is 9.93. The quantitative estimate of drug-likeness (QED) is 0.350. The molecule has 0 aromatic heterocycles. The molecule has 0 amide bonds. The van der Waals surface area contributed by atoms with Crippen molar-refractivity contribution < 1.29 is 0 Å². The van der Waals surface area contributed by atoms with Crippen molar-refractivity contribution >= 4 is 17.4 Å². The summed E-state index contributed by atoms with van der Waals surface area (Å²) in [6.45, 7) is 2.99. The maximum absolute atomic E-state index is 4.52. The van der Waals surface area contributed by atoms with E-state index in [4.69, 9.17) is 0 Å². The summed E-state index contributed by atoms with van der Waals surface area (Å²) in [5, 5.41) is 2.41. The van der Waals surface area contributed by atoms with E-state index in [-0.39, 0.29) is 0 Å². The molecule has 1 aliphatic carbocycles. The molecule has 1 rings (SSSR count). The number of hydrogen-bond acceptors (Lipinski definition) is 2. The highest BCUT2D eigenvalue weighted by molar-refractivity contribution is 7.78. The van der Waals surface area contributed by atoms with Gasteiger partial charge in [-0.25, -0.2) is 4.99 Å². The van der Waals surface area contributed by atoms with E-state index in [2.05, 4.69) is 29.3 Å². The largest absolute Gasteiger partial charge is 0.228 e. The Morgan fingerprint density at radius 1 is 1.45 bits per heavy atom. The predicted octanol–water partition coefficient (Wildman–Crippen LogP) is 2.98. The first-order chi connectivity index (χ1) is 5.34. The molecule has 0 aromatic rings. The summed E-state index contributed by atoms with van der Waals surface area (Å²) in [4.78, 5) is 3.95. The molecular weight excluding hydrogens is 154 g/mol. The summed E-state index contributed by atoms with van der Waals surface area (Å²) in [6.07, 6.45) is 5.13. The van der Waals surface area contributed by atoms with Gasteiger partial charge in [0, 0.05) is 0 Å². The Labute approximate surface area is 73.2 Å². The van der Waals surface area contributed by atoms with Crippen LogP contribution in [0.5, 0.6) is 0 Å². The highest BCUT2D eigenvalue weighted by Gasteiger charge is 2.07. The lowest BCUT2D eigenvalue weighted by Crippen LogP contribution is -1.99. The maximum Gasteiger partial charge on any atom is 0.0705 e. The van der Waals surface area contributed by atoms with Crippen LogP contribution >= 0.6 is 12.2 Å². The minimum absolute atomic E-state index is 0.787. The molecule has 0 heterocycles. The van der Waals surface area contributed by atoms with Crippen molar-refractivity contribution in [3.05, 3.63) is 11.1 Å². The van der Waals surface area contributed by atoms with E-state index in [1.807, 2.05) is 0 Å². The van der Waals surface area contributed by atoms with E-state index in [0.717, 1.165) is 6.54 Å². The third-order valence-corrected chi connectivity index (χ3v) is 2.35. The van der Waals surface area contributed by atoms with Gasteiger partial charge in [-0.3, -0.25) is 0 Å². The number of hydrogen-bond donors (Lipinski definition) is 0. The van der Waals surface area contributed by atoms with E-state index >= 15 is 0 Å².